The van der Waals surface area contributed by atoms with Crippen LogP contribution in [0.5, 0.6) is 0 Å². The van der Waals surface area contributed by atoms with Crippen LogP contribution in [0.4, 0.5) is 5.69 Å². The molecule has 4 rings (SSSR count). The number of thiophene rings is 1. The van der Waals surface area contributed by atoms with E-state index in [4.69, 9.17) is 17.3 Å². The van der Waals surface area contributed by atoms with Crippen LogP contribution >= 0.6 is 22.9 Å². The van der Waals surface area contributed by atoms with Crippen molar-refractivity contribution in [2.75, 3.05) is 18.8 Å². The number of pyridine rings is 1. The van der Waals surface area contributed by atoms with Crippen LogP contribution in [0.2, 0.25) is 4.34 Å². The Hall–Kier alpha value is -2.41. The number of carbonyl (C=O) groups is 1. The van der Waals surface area contributed by atoms with Gasteiger partial charge in [-0.1, -0.05) is 29.8 Å². The molecule has 0 aliphatic carbocycles. The first-order valence-corrected chi connectivity index (χ1v) is 11.2. The third kappa shape index (κ3) is 4.36. The molecule has 1 aromatic carbocycles. The van der Waals surface area contributed by atoms with Crippen LogP contribution < -0.4 is 5.73 Å². The fourth-order valence-electron chi connectivity index (χ4n) is 4.03. The predicted molar refractivity (Wildman–Crippen MR) is 126 cm³/mol. The maximum Gasteiger partial charge on any atom is 0.240 e. The van der Waals surface area contributed by atoms with Gasteiger partial charge in [0.25, 0.3) is 0 Å². The third-order valence-electron chi connectivity index (χ3n) is 5.62. The molecule has 3 aromatic rings. The first-order chi connectivity index (χ1) is 14.4. The van der Waals surface area contributed by atoms with E-state index in [1.165, 1.54) is 0 Å². The van der Waals surface area contributed by atoms with Gasteiger partial charge in [0, 0.05) is 47.8 Å². The highest BCUT2D eigenvalue weighted by molar-refractivity contribution is 7.16. The fourth-order valence-corrected chi connectivity index (χ4v) is 5.02. The van der Waals surface area contributed by atoms with Gasteiger partial charge in [-0.05, 0) is 49.8 Å². The van der Waals surface area contributed by atoms with Crippen molar-refractivity contribution in [2.24, 2.45) is 0 Å². The van der Waals surface area contributed by atoms with Gasteiger partial charge in [0.15, 0.2) is 0 Å². The largest absolute Gasteiger partial charge is 0.398 e. The number of fused-ring (bicyclic) bond motifs is 1. The first-order valence-electron chi connectivity index (χ1n) is 10.0. The summed E-state index contributed by atoms with van der Waals surface area (Å²) in [6.07, 6.45) is 5.89. The summed E-state index contributed by atoms with van der Waals surface area (Å²) in [5, 5.41) is 0.943. The molecule has 1 amide bonds. The number of carbonyl (C=O) groups excluding carboxylic acids is 1. The summed E-state index contributed by atoms with van der Waals surface area (Å²) in [4.78, 5) is 22.8. The summed E-state index contributed by atoms with van der Waals surface area (Å²) in [6, 6.07) is 11.8. The highest BCUT2D eigenvalue weighted by atomic mass is 35.5. The van der Waals surface area contributed by atoms with Crippen LogP contribution in [0.1, 0.15) is 24.3 Å². The van der Waals surface area contributed by atoms with E-state index in [2.05, 4.69) is 29.0 Å². The lowest BCUT2D eigenvalue weighted by Gasteiger charge is -2.43. The molecule has 0 unspecified atom stereocenters. The van der Waals surface area contributed by atoms with Crippen molar-refractivity contribution in [1.29, 1.82) is 0 Å². The number of rotatable bonds is 5. The summed E-state index contributed by atoms with van der Waals surface area (Å²) >= 11 is 7.54. The van der Waals surface area contributed by atoms with E-state index in [9.17, 15) is 4.79 Å². The summed E-state index contributed by atoms with van der Waals surface area (Å²) in [5.74, 6) is 0.154. The molecule has 0 radical (unpaired) electrons. The quantitative estimate of drug-likeness (QED) is 0.626. The Morgan fingerprint density at radius 1 is 1.27 bits per heavy atom. The minimum Gasteiger partial charge on any atom is -0.398 e. The minimum atomic E-state index is -0.167. The second kappa shape index (κ2) is 8.76. The summed E-state index contributed by atoms with van der Waals surface area (Å²) in [5.41, 5.74) is 8.67. The minimum absolute atomic E-state index is 0.154. The van der Waals surface area contributed by atoms with Crippen LogP contribution in [0.3, 0.4) is 0 Å². The SMILES string of the molecule is C[C@H]1CN(Cc2ccc3c(N)ccnc3c2)C(=O)[C@H](C)N1CC=Cc1ccc(Cl)s1. The smallest absolute Gasteiger partial charge is 0.240 e. The van der Waals surface area contributed by atoms with Crippen molar-refractivity contribution >= 4 is 51.5 Å². The van der Waals surface area contributed by atoms with Gasteiger partial charge in [0.2, 0.25) is 5.91 Å². The number of nitrogen functional groups attached to an aromatic ring is 1. The lowest BCUT2D eigenvalue weighted by atomic mass is 10.0. The van der Waals surface area contributed by atoms with Gasteiger partial charge in [0.05, 0.1) is 15.9 Å². The Bertz CT molecular complexity index is 1100. The lowest BCUT2D eigenvalue weighted by Crippen LogP contribution is -2.59. The number of halogens is 1. The summed E-state index contributed by atoms with van der Waals surface area (Å²) < 4.78 is 0.784. The molecule has 156 valence electrons. The number of hydrogen-bond acceptors (Lipinski definition) is 5. The zero-order valence-corrected chi connectivity index (χ0v) is 18.7. The fraction of sp³-hybridized carbons (Fsp3) is 0.304. The number of anilines is 1. The highest BCUT2D eigenvalue weighted by Crippen LogP contribution is 2.24. The normalized spacial score (nSPS) is 20.5. The van der Waals surface area contributed by atoms with E-state index >= 15 is 0 Å². The molecule has 5 nitrogen and oxygen atoms in total. The molecule has 0 bridgehead atoms. The Labute approximate surface area is 185 Å². The van der Waals surface area contributed by atoms with Crippen molar-refractivity contribution in [2.45, 2.75) is 32.5 Å². The number of piperazine rings is 1. The molecule has 3 heterocycles. The molecular weight excluding hydrogens is 416 g/mol. The highest BCUT2D eigenvalue weighted by Gasteiger charge is 2.35. The number of amides is 1. The average Bonchev–Trinajstić information content (AvgIpc) is 3.14. The Balaban J connectivity index is 1.43. The second-order valence-electron chi connectivity index (χ2n) is 7.74. The standard InChI is InChI=1S/C23H25ClN4OS/c1-15-13-27(14-17-5-7-19-20(25)9-10-26-21(19)12-17)23(29)16(2)28(15)11-3-4-18-6-8-22(24)30-18/h3-10,12,15-16H,11,13-14H2,1-2H3,(H2,25,26)/t15-,16-/m0/s1. The molecule has 2 aromatic heterocycles. The number of aromatic nitrogens is 1. The molecule has 30 heavy (non-hydrogen) atoms. The van der Waals surface area contributed by atoms with Gasteiger partial charge >= 0.3 is 0 Å². The summed E-state index contributed by atoms with van der Waals surface area (Å²) in [7, 11) is 0. The van der Waals surface area contributed by atoms with Gasteiger partial charge in [-0.3, -0.25) is 14.7 Å². The number of benzene rings is 1. The molecule has 1 saturated heterocycles. The summed E-state index contributed by atoms with van der Waals surface area (Å²) in [6.45, 7) is 6.18. The van der Waals surface area contributed by atoms with Crippen LogP contribution in [0.25, 0.3) is 17.0 Å². The zero-order valence-electron chi connectivity index (χ0n) is 17.1. The second-order valence-corrected chi connectivity index (χ2v) is 9.48. The molecule has 1 aliphatic rings. The molecule has 0 spiro atoms. The Morgan fingerprint density at radius 2 is 2.10 bits per heavy atom. The molecular formula is C23H25ClN4OS. The van der Waals surface area contributed by atoms with Gasteiger partial charge in [-0.25, -0.2) is 0 Å². The first kappa shape index (κ1) is 20.8. The third-order valence-corrected chi connectivity index (χ3v) is 6.82. The van der Waals surface area contributed by atoms with E-state index < -0.39 is 0 Å². The van der Waals surface area contributed by atoms with Gasteiger partial charge in [0.1, 0.15) is 0 Å². The molecule has 2 atom stereocenters. The van der Waals surface area contributed by atoms with Gasteiger partial charge in [-0.2, -0.15) is 0 Å². The van der Waals surface area contributed by atoms with Crippen molar-refractivity contribution in [3.05, 3.63) is 63.4 Å². The molecule has 1 fully saturated rings. The van der Waals surface area contributed by atoms with E-state index in [0.29, 0.717) is 13.1 Å². The van der Waals surface area contributed by atoms with Crippen molar-refractivity contribution in [3.8, 4) is 0 Å². The Kier molecular flexibility index (Phi) is 6.09. The number of nitrogens with zero attached hydrogens (tertiary/aromatic N) is 3. The van der Waals surface area contributed by atoms with Crippen LogP contribution in [0.15, 0.2) is 48.7 Å². The molecule has 7 heteroatoms. The van der Waals surface area contributed by atoms with Crippen molar-refractivity contribution in [3.63, 3.8) is 0 Å². The van der Waals surface area contributed by atoms with E-state index in [1.54, 1.807) is 23.6 Å². The zero-order chi connectivity index (χ0) is 21.3. The number of nitrogens with two attached hydrogens (primary N) is 1. The maximum absolute atomic E-state index is 13.0. The monoisotopic (exact) mass is 440 g/mol. The van der Waals surface area contributed by atoms with Crippen molar-refractivity contribution < 1.29 is 4.79 Å². The molecule has 2 N–H and O–H groups in total. The van der Waals surface area contributed by atoms with Crippen LogP contribution in [-0.2, 0) is 11.3 Å². The predicted octanol–water partition coefficient (Wildman–Crippen LogP) is 4.67. The lowest BCUT2D eigenvalue weighted by molar-refractivity contribution is -0.144. The van der Waals surface area contributed by atoms with Crippen LogP contribution in [-0.4, -0.2) is 45.9 Å². The van der Waals surface area contributed by atoms with E-state index in [1.807, 2.05) is 42.2 Å². The molecule has 1 aliphatic heterocycles. The van der Waals surface area contributed by atoms with Crippen molar-refractivity contribution in [1.82, 2.24) is 14.8 Å². The number of hydrogen-bond donors (Lipinski definition) is 1. The van der Waals surface area contributed by atoms with E-state index in [0.717, 1.165) is 37.9 Å². The van der Waals surface area contributed by atoms with Crippen LogP contribution in [0, 0.1) is 0 Å². The van der Waals surface area contributed by atoms with E-state index in [-0.39, 0.29) is 18.0 Å². The van der Waals surface area contributed by atoms with Gasteiger partial charge in [-0.15, -0.1) is 11.3 Å². The topological polar surface area (TPSA) is 62.5 Å². The van der Waals surface area contributed by atoms with Gasteiger partial charge < -0.3 is 10.6 Å². The maximum atomic E-state index is 13.0. The Morgan fingerprint density at radius 3 is 2.87 bits per heavy atom. The molecule has 0 saturated carbocycles. The average molecular weight is 441 g/mol.